The van der Waals surface area contributed by atoms with Crippen LogP contribution in [0.3, 0.4) is 0 Å². The van der Waals surface area contributed by atoms with Gasteiger partial charge in [0.25, 0.3) is 0 Å². The van der Waals surface area contributed by atoms with Crippen molar-refractivity contribution >= 4 is 16.9 Å². The van der Waals surface area contributed by atoms with Crippen LogP contribution in [0.15, 0.2) is 36.5 Å². The number of likely N-dealkylation sites (tertiary alicyclic amines) is 1. The standard InChI is InChI=1S/C22H29N5O/c1-2-3-14-28-22-24-20(23)19-10-13-27(21(19)25-22)16-18-8-6-17(7-9-18)15-26-11-4-5-12-26/h6-10,13H,2-5,11-12,14-16H2,1H3,(H2,23,24,25). The third-order valence-corrected chi connectivity index (χ3v) is 5.34. The van der Waals surface area contributed by atoms with Gasteiger partial charge in [-0.05, 0) is 49.5 Å². The van der Waals surface area contributed by atoms with Crippen LogP contribution in [-0.2, 0) is 13.1 Å². The Bertz CT molecular complexity index is 913. The van der Waals surface area contributed by atoms with E-state index in [9.17, 15) is 0 Å². The van der Waals surface area contributed by atoms with Crippen LogP contribution in [0.5, 0.6) is 6.01 Å². The summed E-state index contributed by atoms with van der Waals surface area (Å²) in [5.41, 5.74) is 9.56. The quantitative estimate of drug-likeness (QED) is 0.602. The number of nitrogens with zero attached hydrogens (tertiary/aromatic N) is 4. The van der Waals surface area contributed by atoms with Gasteiger partial charge in [0.2, 0.25) is 0 Å². The molecule has 4 rings (SSSR count). The molecule has 3 heterocycles. The van der Waals surface area contributed by atoms with E-state index < -0.39 is 0 Å². The summed E-state index contributed by atoms with van der Waals surface area (Å²) in [6.45, 7) is 6.99. The molecule has 0 aliphatic carbocycles. The minimum absolute atomic E-state index is 0.361. The van der Waals surface area contributed by atoms with Crippen molar-refractivity contribution < 1.29 is 4.74 Å². The van der Waals surface area contributed by atoms with E-state index in [1.54, 1.807) is 0 Å². The van der Waals surface area contributed by atoms with Gasteiger partial charge in [-0.2, -0.15) is 9.97 Å². The normalized spacial score (nSPS) is 14.8. The van der Waals surface area contributed by atoms with Crippen molar-refractivity contribution in [3.63, 3.8) is 0 Å². The summed E-state index contributed by atoms with van der Waals surface area (Å²) in [5.74, 6) is 0.469. The van der Waals surface area contributed by atoms with Gasteiger partial charge < -0.3 is 15.0 Å². The fraction of sp³-hybridized carbons (Fsp3) is 0.455. The first-order valence-electron chi connectivity index (χ1n) is 10.3. The minimum atomic E-state index is 0.361. The number of fused-ring (bicyclic) bond motifs is 1. The van der Waals surface area contributed by atoms with E-state index in [0.29, 0.717) is 18.4 Å². The van der Waals surface area contributed by atoms with Crippen molar-refractivity contribution in [3.05, 3.63) is 47.7 Å². The number of aromatic nitrogens is 3. The minimum Gasteiger partial charge on any atom is -0.463 e. The largest absolute Gasteiger partial charge is 0.463 e. The highest BCUT2D eigenvalue weighted by atomic mass is 16.5. The molecule has 0 bridgehead atoms. The number of hydrogen-bond acceptors (Lipinski definition) is 5. The predicted molar refractivity (Wildman–Crippen MR) is 112 cm³/mol. The lowest BCUT2D eigenvalue weighted by molar-refractivity contribution is 0.286. The zero-order valence-corrected chi connectivity index (χ0v) is 16.6. The van der Waals surface area contributed by atoms with Crippen LogP contribution in [-0.4, -0.2) is 39.1 Å². The second-order valence-electron chi connectivity index (χ2n) is 7.57. The van der Waals surface area contributed by atoms with E-state index in [0.717, 1.165) is 37.0 Å². The fourth-order valence-corrected chi connectivity index (χ4v) is 3.71. The summed E-state index contributed by atoms with van der Waals surface area (Å²) in [6, 6.07) is 11.2. The molecule has 1 aliphatic rings. The Morgan fingerprint density at radius 1 is 1.00 bits per heavy atom. The first-order chi connectivity index (χ1) is 13.7. The number of anilines is 1. The lowest BCUT2D eigenvalue weighted by Gasteiger charge is -2.15. The first-order valence-corrected chi connectivity index (χ1v) is 10.3. The molecule has 6 nitrogen and oxygen atoms in total. The van der Waals surface area contributed by atoms with Crippen LogP contribution in [0, 0.1) is 0 Å². The molecular formula is C22H29N5O. The van der Waals surface area contributed by atoms with Crippen molar-refractivity contribution in [2.75, 3.05) is 25.4 Å². The Kier molecular flexibility index (Phi) is 5.76. The van der Waals surface area contributed by atoms with E-state index in [1.807, 2.05) is 12.3 Å². The number of nitrogen functional groups attached to an aromatic ring is 1. The number of nitrogens with two attached hydrogens (primary N) is 1. The van der Waals surface area contributed by atoms with Gasteiger partial charge in [-0.3, -0.25) is 4.90 Å². The predicted octanol–water partition coefficient (Wildman–Crippen LogP) is 3.84. The van der Waals surface area contributed by atoms with E-state index in [1.165, 1.54) is 37.1 Å². The number of rotatable bonds is 8. The van der Waals surface area contributed by atoms with Crippen molar-refractivity contribution in [2.45, 2.75) is 45.7 Å². The second-order valence-corrected chi connectivity index (χ2v) is 7.57. The molecule has 0 amide bonds. The molecule has 2 aromatic heterocycles. The highest BCUT2D eigenvalue weighted by molar-refractivity contribution is 5.86. The smallest absolute Gasteiger partial charge is 0.320 e. The monoisotopic (exact) mass is 379 g/mol. The van der Waals surface area contributed by atoms with Gasteiger partial charge in [-0.25, -0.2) is 0 Å². The molecule has 1 saturated heterocycles. The summed E-state index contributed by atoms with van der Waals surface area (Å²) in [6.07, 6.45) is 6.72. The van der Waals surface area contributed by atoms with Crippen LogP contribution < -0.4 is 10.5 Å². The van der Waals surface area contributed by atoms with Gasteiger partial charge in [0, 0.05) is 19.3 Å². The maximum Gasteiger partial charge on any atom is 0.320 e. The topological polar surface area (TPSA) is 69.2 Å². The molecule has 0 atom stereocenters. The molecule has 148 valence electrons. The maximum absolute atomic E-state index is 6.12. The summed E-state index contributed by atoms with van der Waals surface area (Å²) in [4.78, 5) is 11.4. The van der Waals surface area contributed by atoms with Gasteiger partial charge >= 0.3 is 6.01 Å². The molecule has 3 aromatic rings. The molecular weight excluding hydrogens is 350 g/mol. The van der Waals surface area contributed by atoms with Crippen LogP contribution in [0.4, 0.5) is 5.82 Å². The molecule has 1 fully saturated rings. The van der Waals surface area contributed by atoms with Crippen molar-refractivity contribution in [1.29, 1.82) is 0 Å². The van der Waals surface area contributed by atoms with E-state index in [4.69, 9.17) is 10.5 Å². The van der Waals surface area contributed by atoms with Gasteiger partial charge in [0.1, 0.15) is 11.5 Å². The third kappa shape index (κ3) is 4.28. The Balaban J connectivity index is 1.49. The zero-order chi connectivity index (χ0) is 19.3. The molecule has 6 heteroatoms. The SMILES string of the molecule is CCCCOc1nc(N)c2ccn(Cc3ccc(CN4CCCC4)cc3)c2n1. The zero-order valence-electron chi connectivity index (χ0n) is 16.6. The summed E-state index contributed by atoms with van der Waals surface area (Å²) < 4.78 is 7.78. The van der Waals surface area contributed by atoms with Crippen molar-refractivity contribution in [1.82, 2.24) is 19.4 Å². The summed E-state index contributed by atoms with van der Waals surface area (Å²) >= 11 is 0. The Hall–Kier alpha value is -2.60. The molecule has 2 N–H and O–H groups in total. The maximum atomic E-state index is 6.12. The molecule has 28 heavy (non-hydrogen) atoms. The van der Waals surface area contributed by atoms with Crippen molar-refractivity contribution in [3.8, 4) is 6.01 Å². The number of unbranched alkanes of at least 4 members (excludes halogenated alkanes) is 1. The fourth-order valence-electron chi connectivity index (χ4n) is 3.71. The molecule has 0 spiro atoms. The van der Waals surface area contributed by atoms with Gasteiger partial charge in [-0.1, -0.05) is 37.6 Å². The van der Waals surface area contributed by atoms with E-state index in [2.05, 4.69) is 50.6 Å². The van der Waals surface area contributed by atoms with Crippen LogP contribution in [0.2, 0.25) is 0 Å². The van der Waals surface area contributed by atoms with E-state index in [-0.39, 0.29) is 0 Å². The van der Waals surface area contributed by atoms with Crippen LogP contribution >= 0.6 is 0 Å². The molecule has 0 saturated carbocycles. The summed E-state index contributed by atoms with van der Waals surface area (Å²) in [5, 5.41) is 0.869. The lowest BCUT2D eigenvalue weighted by Crippen LogP contribution is -2.18. The molecule has 1 aromatic carbocycles. The Morgan fingerprint density at radius 2 is 1.71 bits per heavy atom. The van der Waals surface area contributed by atoms with Gasteiger partial charge in [0.15, 0.2) is 0 Å². The molecule has 0 unspecified atom stereocenters. The summed E-state index contributed by atoms with van der Waals surface area (Å²) in [7, 11) is 0. The number of benzene rings is 1. The Labute approximate surface area is 166 Å². The van der Waals surface area contributed by atoms with Crippen LogP contribution in [0.25, 0.3) is 11.0 Å². The first kappa shape index (κ1) is 18.7. The van der Waals surface area contributed by atoms with E-state index >= 15 is 0 Å². The third-order valence-electron chi connectivity index (χ3n) is 5.34. The van der Waals surface area contributed by atoms with Gasteiger partial charge in [-0.15, -0.1) is 0 Å². The average Bonchev–Trinajstić information content (AvgIpc) is 3.34. The highest BCUT2D eigenvalue weighted by Crippen LogP contribution is 2.23. The van der Waals surface area contributed by atoms with Crippen molar-refractivity contribution in [2.24, 2.45) is 0 Å². The lowest BCUT2D eigenvalue weighted by atomic mass is 10.1. The molecule has 1 aliphatic heterocycles. The second kappa shape index (κ2) is 8.61. The number of ether oxygens (including phenoxy) is 1. The van der Waals surface area contributed by atoms with Crippen LogP contribution in [0.1, 0.15) is 43.7 Å². The number of hydrogen-bond donors (Lipinski definition) is 1. The molecule has 0 radical (unpaired) electrons. The average molecular weight is 380 g/mol. The highest BCUT2D eigenvalue weighted by Gasteiger charge is 2.13. The van der Waals surface area contributed by atoms with Gasteiger partial charge in [0.05, 0.1) is 12.0 Å². The Morgan fingerprint density at radius 3 is 2.43 bits per heavy atom.